The van der Waals surface area contributed by atoms with E-state index in [9.17, 15) is 9.59 Å². The number of halogens is 1. The first-order valence-corrected chi connectivity index (χ1v) is 14.0. The van der Waals surface area contributed by atoms with E-state index in [-0.39, 0.29) is 24.4 Å². The highest BCUT2D eigenvalue weighted by Crippen LogP contribution is 2.31. The Kier molecular flexibility index (Phi) is 8.07. The summed E-state index contributed by atoms with van der Waals surface area (Å²) in [6.07, 6.45) is 5.37. The van der Waals surface area contributed by atoms with Gasteiger partial charge in [0.15, 0.2) is 0 Å². The minimum absolute atomic E-state index is 0.135. The van der Waals surface area contributed by atoms with Crippen molar-refractivity contribution in [2.24, 2.45) is 0 Å². The van der Waals surface area contributed by atoms with E-state index in [0.29, 0.717) is 10.7 Å². The van der Waals surface area contributed by atoms with Gasteiger partial charge >= 0.3 is 0 Å². The molecule has 1 aliphatic rings. The highest BCUT2D eigenvalue weighted by Gasteiger charge is 2.35. The van der Waals surface area contributed by atoms with Crippen molar-refractivity contribution >= 4 is 34.8 Å². The van der Waals surface area contributed by atoms with E-state index in [4.69, 9.17) is 11.6 Å². The van der Waals surface area contributed by atoms with Crippen LogP contribution in [0.4, 0.5) is 0 Å². The van der Waals surface area contributed by atoms with E-state index in [1.807, 2.05) is 78.2 Å². The van der Waals surface area contributed by atoms with Crippen molar-refractivity contribution in [3.05, 3.63) is 105 Å². The van der Waals surface area contributed by atoms with E-state index in [0.717, 1.165) is 47.4 Å². The smallest absolute Gasteiger partial charge is 0.271 e. The number of benzene rings is 2. The molecule has 5 nitrogen and oxygen atoms in total. The van der Waals surface area contributed by atoms with Gasteiger partial charge in [0, 0.05) is 28.2 Å². The molecule has 37 heavy (non-hydrogen) atoms. The first-order valence-electron chi connectivity index (χ1n) is 12.7. The van der Waals surface area contributed by atoms with Gasteiger partial charge in [-0.05, 0) is 53.6 Å². The molecule has 4 aromatic rings. The van der Waals surface area contributed by atoms with Gasteiger partial charge in [-0.25, -0.2) is 0 Å². The molecule has 0 unspecified atom stereocenters. The molecule has 1 saturated carbocycles. The zero-order valence-electron chi connectivity index (χ0n) is 20.5. The van der Waals surface area contributed by atoms with Crippen molar-refractivity contribution in [1.29, 1.82) is 0 Å². The Morgan fingerprint density at radius 2 is 1.70 bits per heavy atom. The molecule has 0 saturated heterocycles. The number of carbonyl (C=O) groups excluding carboxylic acids is 2. The normalized spacial score (nSPS) is 14.7. The third-order valence-electron chi connectivity index (χ3n) is 6.88. The van der Waals surface area contributed by atoms with Crippen LogP contribution in [0.15, 0.2) is 84.2 Å². The van der Waals surface area contributed by atoms with Crippen molar-refractivity contribution < 1.29 is 9.59 Å². The predicted octanol–water partition coefficient (Wildman–Crippen LogP) is 7.23. The molecular weight excluding hydrogens is 502 g/mol. The summed E-state index contributed by atoms with van der Waals surface area (Å²) in [6, 6.07) is 24.2. The van der Waals surface area contributed by atoms with Crippen LogP contribution >= 0.6 is 22.9 Å². The molecule has 5 rings (SSSR count). The van der Waals surface area contributed by atoms with Crippen LogP contribution in [-0.2, 0) is 11.3 Å². The average molecular weight is 532 g/mol. The number of amides is 2. The van der Waals surface area contributed by atoms with Gasteiger partial charge in [0.05, 0.1) is 0 Å². The summed E-state index contributed by atoms with van der Waals surface area (Å²) in [5, 5.41) is 5.76. The standard InChI is InChI=1S/C30H30ClN3O2S/c31-24-15-8-7-12-22(24)20-34(30(36)26-18-17-25(33-26)21-10-3-1-4-11-21)28(27-16-9-19-37-27)29(35)32-23-13-5-2-6-14-23/h1,3-4,7-12,15-19,23,28,33H,2,5-6,13-14,20H2,(H,32,35)/t28-/m0/s1. The molecule has 1 aliphatic carbocycles. The molecule has 2 aromatic carbocycles. The number of rotatable bonds is 8. The van der Waals surface area contributed by atoms with Crippen LogP contribution in [0.1, 0.15) is 59.1 Å². The summed E-state index contributed by atoms with van der Waals surface area (Å²) in [6.45, 7) is 0.207. The first-order chi connectivity index (χ1) is 18.1. The number of H-pyrrole nitrogens is 1. The number of hydrogen-bond acceptors (Lipinski definition) is 3. The van der Waals surface area contributed by atoms with Gasteiger partial charge in [0.25, 0.3) is 5.91 Å². The SMILES string of the molecule is O=C(NC1CCCCC1)[C@H](c1cccs1)N(Cc1ccccc1Cl)C(=O)c1ccc(-c2ccccc2)[nH]1. The molecular formula is C30H30ClN3O2S. The Morgan fingerprint density at radius 1 is 0.946 bits per heavy atom. The lowest BCUT2D eigenvalue weighted by molar-refractivity contribution is -0.127. The van der Waals surface area contributed by atoms with Crippen molar-refractivity contribution in [3.63, 3.8) is 0 Å². The van der Waals surface area contributed by atoms with Crippen LogP contribution in [0.3, 0.4) is 0 Å². The molecule has 2 N–H and O–H groups in total. The Hall–Kier alpha value is -3.35. The summed E-state index contributed by atoms with van der Waals surface area (Å²) in [7, 11) is 0. The molecule has 1 atom stereocenters. The zero-order chi connectivity index (χ0) is 25.6. The van der Waals surface area contributed by atoms with Gasteiger partial charge < -0.3 is 15.2 Å². The van der Waals surface area contributed by atoms with Crippen molar-refractivity contribution in [2.45, 2.75) is 50.7 Å². The van der Waals surface area contributed by atoms with E-state index >= 15 is 0 Å². The molecule has 2 heterocycles. The third kappa shape index (κ3) is 5.97. The zero-order valence-corrected chi connectivity index (χ0v) is 22.1. The van der Waals surface area contributed by atoms with Gasteiger partial charge in [-0.3, -0.25) is 9.59 Å². The van der Waals surface area contributed by atoms with Crippen molar-refractivity contribution in [3.8, 4) is 11.3 Å². The maximum absolute atomic E-state index is 14.1. The number of hydrogen-bond donors (Lipinski definition) is 2. The summed E-state index contributed by atoms with van der Waals surface area (Å²) < 4.78 is 0. The van der Waals surface area contributed by atoms with E-state index in [1.165, 1.54) is 17.8 Å². The summed E-state index contributed by atoms with van der Waals surface area (Å²) in [5.41, 5.74) is 3.06. The van der Waals surface area contributed by atoms with Crippen LogP contribution < -0.4 is 5.32 Å². The van der Waals surface area contributed by atoms with Gasteiger partial charge in [0.1, 0.15) is 11.7 Å². The highest BCUT2D eigenvalue weighted by molar-refractivity contribution is 7.10. The number of nitrogens with zero attached hydrogens (tertiary/aromatic N) is 1. The van der Waals surface area contributed by atoms with Crippen molar-refractivity contribution in [2.75, 3.05) is 0 Å². The second-order valence-electron chi connectivity index (χ2n) is 9.44. The topological polar surface area (TPSA) is 65.2 Å². The van der Waals surface area contributed by atoms with E-state index in [1.54, 1.807) is 11.0 Å². The van der Waals surface area contributed by atoms with Gasteiger partial charge in [-0.2, -0.15) is 0 Å². The van der Waals surface area contributed by atoms with Crippen LogP contribution in [0.5, 0.6) is 0 Å². The largest absolute Gasteiger partial charge is 0.351 e. The molecule has 0 aliphatic heterocycles. The Morgan fingerprint density at radius 3 is 2.43 bits per heavy atom. The van der Waals surface area contributed by atoms with Crippen molar-refractivity contribution in [1.82, 2.24) is 15.2 Å². The second-order valence-corrected chi connectivity index (χ2v) is 10.8. The maximum Gasteiger partial charge on any atom is 0.271 e. The number of carbonyl (C=O) groups is 2. The fraction of sp³-hybridized carbons (Fsp3) is 0.267. The van der Waals surface area contributed by atoms with E-state index < -0.39 is 6.04 Å². The summed E-state index contributed by atoms with van der Waals surface area (Å²) in [5.74, 6) is -0.399. The summed E-state index contributed by atoms with van der Waals surface area (Å²) >= 11 is 8.01. The molecule has 0 radical (unpaired) electrons. The fourth-order valence-electron chi connectivity index (χ4n) is 4.95. The van der Waals surface area contributed by atoms with E-state index in [2.05, 4.69) is 10.3 Å². The Balaban J connectivity index is 1.51. The molecule has 190 valence electrons. The van der Waals surface area contributed by atoms with Gasteiger partial charge in [0.2, 0.25) is 5.91 Å². The quantitative estimate of drug-likeness (QED) is 0.252. The Labute approximate surface area is 226 Å². The lowest BCUT2D eigenvalue weighted by Crippen LogP contribution is -2.46. The van der Waals surface area contributed by atoms with Crippen LogP contribution in [0.2, 0.25) is 5.02 Å². The van der Waals surface area contributed by atoms with Crippen LogP contribution in [0, 0.1) is 0 Å². The lowest BCUT2D eigenvalue weighted by Gasteiger charge is -2.32. The van der Waals surface area contributed by atoms with Gasteiger partial charge in [-0.1, -0.05) is 85.5 Å². The molecule has 2 aromatic heterocycles. The molecule has 7 heteroatoms. The molecule has 2 amide bonds. The summed E-state index contributed by atoms with van der Waals surface area (Å²) in [4.78, 5) is 33.7. The monoisotopic (exact) mass is 531 g/mol. The number of aromatic amines is 1. The highest BCUT2D eigenvalue weighted by atomic mass is 35.5. The first kappa shape index (κ1) is 25.3. The minimum atomic E-state index is -0.769. The molecule has 0 spiro atoms. The van der Waals surface area contributed by atoms with Gasteiger partial charge in [-0.15, -0.1) is 11.3 Å². The average Bonchev–Trinajstić information content (AvgIpc) is 3.63. The van der Waals surface area contributed by atoms with Crippen LogP contribution in [0.25, 0.3) is 11.3 Å². The Bertz CT molecular complexity index is 1330. The van der Waals surface area contributed by atoms with Crippen LogP contribution in [-0.4, -0.2) is 27.7 Å². The molecule has 1 fully saturated rings. The predicted molar refractivity (Wildman–Crippen MR) is 150 cm³/mol. The minimum Gasteiger partial charge on any atom is -0.351 e. The second kappa shape index (κ2) is 11.8. The third-order valence-corrected chi connectivity index (χ3v) is 8.18. The number of thiophene rings is 1. The maximum atomic E-state index is 14.1. The molecule has 0 bridgehead atoms. The lowest BCUT2D eigenvalue weighted by atomic mass is 9.95. The fourth-order valence-corrected chi connectivity index (χ4v) is 5.98. The number of aromatic nitrogens is 1. The number of nitrogens with one attached hydrogen (secondary N) is 2.